The van der Waals surface area contributed by atoms with Crippen LogP contribution in [0.5, 0.6) is 0 Å². The molecular weight excluding hydrogens is 320 g/mol. The van der Waals surface area contributed by atoms with Crippen LogP contribution in [-0.2, 0) is 9.53 Å². The molecule has 1 aromatic heterocycles. The fraction of sp³-hybridized carbons (Fsp3) is 0.368. The molecule has 2 aromatic rings. The fourth-order valence-corrected chi connectivity index (χ4v) is 3.35. The third-order valence-electron chi connectivity index (χ3n) is 4.50. The van der Waals surface area contributed by atoms with E-state index in [-0.39, 0.29) is 12.3 Å². The number of hydrogen-bond donors (Lipinski definition) is 1. The van der Waals surface area contributed by atoms with Crippen molar-refractivity contribution in [1.82, 2.24) is 9.47 Å². The minimum absolute atomic E-state index is 0.0750. The van der Waals surface area contributed by atoms with Crippen molar-refractivity contribution in [3.63, 3.8) is 0 Å². The molecule has 2 heterocycles. The van der Waals surface area contributed by atoms with E-state index in [1.807, 2.05) is 50.2 Å². The number of carbonyl (C=O) groups excluding carboxylic acids is 1. The van der Waals surface area contributed by atoms with E-state index in [4.69, 9.17) is 9.84 Å². The lowest BCUT2D eigenvalue weighted by molar-refractivity contribution is -0.141. The Morgan fingerprint density at radius 3 is 2.64 bits per heavy atom. The SMILES string of the molecule is Cc1cc(C(=O)N2CCO[C@H](CC(=O)O)C2)c(C)n1-c1ccccc1. The minimum Gasteiger partial charge on any atom is -0.481 e. The second kappa shape index (κ2) is 7.11. The van der Waals surface area contributed by atoms with Crippen molar-refractivity contribution in [2.75, 3.05) is 19.7 Å². The highest BCUT2D eigenvalue weighted by molar-refractivity contribution is 5.96. The van der Waals surface area contributed by atoms with Crippen molar-refractivity contribution in [3.05, 3.63) is 53.3 Å². The van der Waals surface area contributed by atoms with Crippen molar-refractivity contribution in [2.45, 2.75) is 26.4 Å². The van der Waals surface area contributed by atoms with Gasteiger partial charge in [-0.05, 0) is 32.0 Å². The molecular formula is C19H22N2O4. The molecule has 3 rings (SSSR count). The number of carbonyl (C=O) groups is 2. The maximum Gasteiger partial charge on any atom is 0.306 e. The number of rotatable bonds is 4. The van der Waals surface area contributed by atoms with Gasteiger partial charge in [-0.3, -0.25) is 9.59 Å². The van der Waals surface area contributed by atoms with Crippen LogP contribution in [-0.4, -0.2) is 52.3 Å². The fourth-order valence-electron chi connectivity index (χ4n) is 3.35. The first-order chi connectivity index (χ1) is 12.0. The number of para-hydroxylation sites is 1. The summed E-state index contributed by atoms with van der Waals surface area (Å²) in [7, 11) is 0. The van der Waals surface area contributed by atoms with Crippen LogP contribution >= 0.6 is 0 Å². The monoisotopic (exact) mass is 342 g/mol. The van der Waals surface area contributed by atoms with E-state index >= 15 is 0 Å². The van der Waals surface area contributed by atoms with Crippen LogP contribution < -0.4 is 0 Å². The summed E-state index contributed by atoms with van der Waals surface area (Å²) in [4.78, 5) is 25.5. The van der Waals surface area contributed by atoms with Crippen molar-refractivity contribution in [2.24, 2.45) is 0 Å². The first kappa shape index (κ1) is 17.2. The molecule has 132 valence electrons. The number of carboxylic acid groups (broad SMARTS) is 1. The van der Waals surface area contributed by atoms with Gasteiger partial charge in [-0.2, -0.15) is 0 Å². The van der Waals surface area contributed by atoms with E-state index < -0.39 is 12.1 Å². The molecule has 25 heavy (non-hydrogen) atoms. The number of morpholine rings is 1. The van der Waals surface area contributed by atoms with Gasteiger partial charge in [0.1, 0.15) is 0 Å². The predicted octanol–water partition coefficient (Wildman–Crippen LogP) is 2.41. The molecule has 1 aliphatic heterocycles. The number of aliphatic carboxylic acids is 1. The van der Waals surface area contributed by atoms with Gasteiger partial charge in [-0.15, -0.1) is 0 Å². The first-order valence-corrected chi connectivity index (χ1v) is 8.34. The molecule has 1 aliphatic rings. The molecule has 1 aromatic carbocycles. The van der Waals surface area contributed by atoms with Crippen LogP contribution in [0.4, 0.5) is 0 Å². The van der Waals surface area contributed by atoms with Gasteiger partial charge in [0.05, 0.1) is 24.7 Å². The number of aryl methyl sites for hydroxylation is 1. The summed E-state index contributed by atoms with van der Waals surface area (Å²) in [6, 6.07) is 11.8. The number of carboxylic acids is 1. The minimum atomic E-state index is -0.915. The summed E-state index contributed by atoms with van der Waals surface area (Å²) < 4.78 is 7.51. The zero-order valence-electron chi connectivity index (χ0n) is 14.4. The van der Waals surface area contributed by atoms with Crippen LogP contribution in [0.25, 0.3) is 5.69 Å². The van der Waals surface area contributed by atoms with E-state index in [0.717, 1.165) is 17.1 Å². The summed E-state index contributed by atoms with van der Waals surface area (Å²) in [5.41, 5.74) is 3.54. The highest BCUT2D eigenvalue weighted by atomic mass is 16.5. The Morgan fingerprint density at radius 1 is 1.24 bits per heavy atom. The van der Waals surface area contributed by atoms with E-state index in [9.17, 15) is 9.59 Å². The Labute approximate surface area is 146 Å². The zero-order chi connectivity index (χ0) is 18.0. The van der Waals surface area contributed by atoms with Gasteiger partial charge in [0.15, 0.2) is 0 Å². The van der Waals surface area contributed by atoms with Gasteiger partial charge >= 0.3 is 5.97 Å². The quantitative estimate of drug-likeness (QED) is 0.926. The van der Waals surface area contributed by atoms with Crippen molar-refractivity contribution < 1.29 is 19.4 Å². The highest BCUT2D eigenvalue weighted by Gasteiger charge is 2.28. The van der Waals surface area contributed by atoms with Gasteiger partial charge in [0.25, 0.3) is 5.91 Å². The molecule has 1 N–H and O–H groups in total. The Bertz CT molecular complexity index is 782. The zero-order valence-corrected chi connectivity index (χ0v) is 14.4. The van der Waals surface area contributed by atoms with Crippen LogP contribution in [0.2, 0.25) is 0 Å². The average Bonchev–Trinajstić information content (AvgIpc) is 2.89. The Kier molecular flexibility index (Phi) is 4.90. The molecule has 6 heteroatoms. The third kappa shape index (κ3) is 3.58. The normalized spacial score (nSPS) is 17.5. The largest absolute Gasteiger partial charge is 0.481 e. The van der Waals surface area contributed by atoms with Crippen LogP contribution in [0, 0.1) is 13.8 Å². The third-order valence-corrected chi connectivity index (χ3v) is 4.50. The molecule has 0 aliphatic carbocycles. The number of amides is 1. The molecule has 1 saturated heterocycles. The molecule has 1 atom stereocenters. The first-order valence-electron chi connectivity index (χ1n) is 8.34. The maximum atomic E-state index is 13.0. The lowest BCUT2D eigenvalue weighted by Gasteiger charge is -2.32. The second-order valence-corrected chi connectivity index (χ2v) is 6.30. The van der Waals surface area contributed by atoms with Crippen LogP contribution in [0.15, 0.2) is 36.4 Å². The molecule has 0 saturated carbocycles. The second-order valence-electron chi connectivity index (χ2n) is 6.30. The average molecular weight is 342 g/mol. The number of nitrogens with zero attached hydrogens (tertiary/aromatic N) is 2. The molecule has 0 radical (unpaired) electrons. The molecule has 0 bridgehead atoms. The van der Waals surface area contributed by atoms with E-state index in [1.165, 1.54) is 0 Å². The van der Waals surface area contributed by atoms with Crippen molar-refractivity contribution in [1.29, 1.82) is 0 Å². The molecule has 1 fully saturated rings. The van der Waals surface area contributed by atoms with Gasteiger partial charge < -0.3 is 19.3 Å². The van der Waals surface area contributed by atoms with Gasteiger partial charge in [0.2, 0.25) is 0 Å². The summed E-state index contributed by atoms with van der Waals surface area (Å²) in [5, 5.41) is 8.93. The highest BCUT2D eigenvalue weighted by Crippen LogP contribution is 2.23. The maximum absolute atomic E-state index is 13.0. The van der Waals surface area contributed by atoms with Crippen LogP contribution in [0.3, 0.4) is 0 Å². The Hall–Kier alpha value is -2.60. The van der Waals surface area contributed by atoms with E-state index in [0.29, 0.717) is 25.3 Å². The number of benzene rings is 1. The number of aromatic nitrogens is 1. The molecule has 6 nitrogen and oxygen atoms in total. The molecule has 1 amide bonds. The summed E-state index contributed by atoms with van der Waals surface area (Å²) >= 11 is 0. The van der Waals surface area contributed by atoms with Crippen molar-refractivity contribution >= 4 is 11.9 Å². The van der Waals surface area contributed by atoms with Crippen LogP contribution in [0.1, 0.15) is 28.2 Å². The predicted molar refractivity (Wildman–Crippen MR) is 93.1 cm³/mol. The smallest absolute Gasteiger partial charge is 0.306 e. The topological polar surface area (TPSA) is 71.8 Å². The van der Waals surface area contributed by atoms with Gasteiger partial charge in [-0.1, -0.05) is 18.2 Å². The standard InChI is InChI=1S/C19H22N2O4/c1-13-10-17(14(2)21(13)15-6-4-3-5-7-15)19(24)20-8-9-25-16(12-20)11-18(22)23/h3-7,10,16H,8-9,11-12H2,1-2H3,(H,22,23)/t16-/m1/s1. The van der Waals surface area contributed by atoms with Gasteiger partial charge in [-0.25, -0.2) is 0 Å². The Morgan fingerprint density at radius 2 is 1.96 bits per heavy atom. The lowest BCUT2D eigenvalue weighted by atomic mass is 10.1. The van der Waals surface area contributed by atoms with Crippen molar-refractivity contribution in [3.8, 4) is 5.69 Å². The van der Waals surface area contributed by atoms with Gasteiger partial charge in [0, 0.05) is 30.2 Å². The molecule has 0 unspecified atom stereocenters. The Balaban J connectivity index is 1.84. The summed E-state index contributed by atoms with van der Waals surface area (Å²) in [5.74, 6) is -0.990. The number of hydrogen-bond acceptors (Lipinski definition) is 3. The number of ether oxygens (including phenoxy) is 1. The summed E-state index contributed by atoms with van der Waals surface area (Å²) in [6.45, 7) is 5.05. The summed E-state index contributed by atoms with van der Waals surface area (Å²) in [6.07, 6.45) is -0.542. The lowest BCUT2D eigenvalue weighted by Crippen LogP contribution is -2.46. The molecule has 0 spiro atoms. The van der Waals surface area contributed by atoms with E-state index in [1.54, 1.807) is 4.90 Å². The van der Waals surface area contributed by atoms with E-state index in [2.05, 4.69) is 4.57 Å².